The first kappa shape index (κ1) is 12.6. The zero-order valence-corrected chi connectivity index (χ0v) is 9.93. The summed E-state index contributed by atoms with van der Waals surface area (Å²) in [4.78, 5) is 14.1. The highest BCUT2D eigenvalue weighted by atomic mass is 16.6. The predicted molar refractivity (Wildman–Crippen MR) is 59.9 cm³/mol. The summed E-state index contributed by atoms with van der Waals surface area (Å²) in [5, 5.41) is 6.29. The van der Waals surface area contributed by atoms with Gasteiger partial charge in [0, 0.05) is 17.5 Å². The van der Waals surface area contributed by atoms with Crippen molar-refractivity contribution in [3.05, 3.63) is 10.4 Å². The molecule has 1 amide bonds. The van der Waals surface area contributed by atoms with Crippen LogP contribution in [0.3, 0.4) is 0 Å². The third kappa shape index (κ3) is 4.40. The summed E-state index contributed by atoms with van der Waals surface area (Å²) >= 11 is 0. The number of carbonyl (C=O) groups excluding carboxylic acids is 1. The van der Waals surface area contributed by atoms with Gasteiger partial charge < -0.3 is 10.1 Å². The summed E-state index contributed by atoms with van der Waals surface area (Å²) in [5.74, 6) is 0.399. The molecule has 0 aromatic heterocycles. The maximum absolute atomic E-state index is 11.4. The smallest absolute Gasteiger partial charge is 0.407 e. The number of azide groups is 1. The van der Waals surface area contributed by atoms with Crippen LogP contribution in [0.4, 0.5) is 4.79 Å². The molecule has 0 saturated heterocycles. The van der Waals surface area contributed by atoms with Crippen LogP contribution < -0.4 is 5.32 Å². The molecular formula is C10H18N4O2. The van der Waals surface area contributed by atoms with E-state index < -0.39 is 5.60 Å². The van der Waals surface area contributed by atoms with Gasteiger partial charge in [-0.25, -0.2) is 4.79 Å². The number of hydrogen-bond donors (Lipinski definition) is 1. The van der Waals surface area contributed by atoms with E-state index in [9.17, 15) is 4.79 Å². The zero-order chi connectivity index (χ0) is 12.2. The molecule has 1 N–H and O–H groups in total. The van der Waals surface area contributed by atoms with Crippen molar-refractivity contribution in [2.45, 2.75) is 45.3 Å². The Bertz CT molecular complexity index is 298. The third-order valence-corrected chi connectivity index (χ3v) is 2.36. The highest BCUT2D eigenvalue weighted by Gasteiger charge is 2.30. The Hall–Kier alpha value is -1.42. The van der Waals surface area contributed by atoms with E-state index in [0.29, 0.717) is 12.5 Å². The van der Waals surface area contributed by atoms with Crippen molar-refractivity contribution in [1.82, 2.24) is 5.32 Å². The molecule has 0 aromatic rings. The van der Waals surface area contributed by atoms with Crippen molar-refractivity contribution in [1.29, 1.82) is 0 Å². The molecule has 0 atom stereocenters. The van der Waals surface area contributed by atoms with Crippen LogP contribution in [0.15, 0.2) is 5.11 Å². The van der Waals surface area contributed by atoms with Crippen LogP contribution in [0.25, 0.3) is 10.4 Å². The summed E-state index contributed by atoms with van der Waals surface area (Å²) in [6.07, 6.45) is 1.34. The van der Waals surface area contributed by atoms with Gasteiger partial charge in [0.2, 0.25) is 0 Å². The lowest BCUT2D eigenvalue weighted by Crippen LogP contribution is -2.46. The number of alkyl carbamates (subject to hydrolysis) is 1. The molecule has 6 nitrogen and oxygen atoms in total. The Morgan fingerprint density at radius 2 is 2.19 bits per heavy atom. The van der Waals surface area contributed by atoms with E-state index in [0.717, 1.165) is 12.8 Å². The van der Waals surface area contributed by atoms with Gasteiger partial charge in [-0.15, -0.1) is 0 Å². The normalized spacial score (nSPS) is 23.9. The van der Waals surface area contributed by atoms with Gasteiger partial charge in [-0.1, -0.05) is 5.11 Å². The minimum atomic E-state index is -0.460. The minimum absolute atomic E-state index is 0.161. The number of nitrogens with zero attached hydrogens (tertiary/aromatic N) is 3. The molecule has 0 radical (unpaired) electrons. The third-order valence-electron chi connectivity index (χ3n) is 2.36. The topological polar surface area (TPSA) is 87.1 Å². The van der Waals surface area contributed by atoms with Crippen molar-refractivity contribution < 1.29 is 9.53 Å². The molecule has 0 aromatic carbocycles. The lowest BCUT2D eigenvalue weighted by Gasteiger charge is -2.35. The SMILES string of the molecule is CC(C)(C)OC(=O)NC1CC(CN=[N+]=[N-])C1. The highest BCUT2D eigenvalue weighted by Crippen LogP contribution is 2.27. The average molecular weight is 226 g/mol. The predicted octanol–water partition coefficient (Wildman–Crippen LogP) is 2.60. The number of hydrogen-bond acceptors (Lipinski definition) is 3. The number of nitrogens with one attached hydrogen (secondary N) is 1. The molecule has 1 fully saturated rings. The lowest BCUT2D eigenvalue weighted by atomic mass is 9.80. The molecule has 16 heavy (non-hydrogen) atoms. The number of carbonyl (C=O) groups is 1. The monoisotopic (exact) mass is 226 g/mol. The first-order valence-corrected chi connectivity index (χ1v) is 5.41. The number of amides is 1. The molecule has 6 heteroatoms. The van der Waals surface area contributed by atoms with Crippen molar-refractivity contribution in [3.63, 3.8) is 0 Å². The average Bonchev–Trinajstić information content (AvgIpc) is 2.05. The second kappa shape index (κ2) is 5.07. The van der Waals surface area contributed by atoms with Gasteiger partial charge in [-0.3, -0.25) is 0 Å². The molecule has 90 valence electrons. The summed E-state index contributed by atoms with van der Waals surface area (Å²) in [7, 11) is 0. The molecule has 1 saturated carbocycles. The Morgan fingerprint density at radius 3 is 2.69 bits per heavy atom. The first-order chi connectivity index (χ1) is 7.40. The Morgan fingerprint density at radius 1 is 1.56 bits per heavy atom. The number of rotatable bonds is 3. The number of ether oxygens (including phenoxy) is 1. The van der Waals surface area contributed by atoms with E-state index in [2.05, 4.69) is 15.3 Å². The summed E-state index contributed by atoms with van der Waals surface area (Å²) in [6.45, 7) is 6.01. The van der Waals surface area contributed by atoms with Crippen LogP contribution >= 0.6 is 0 Å². The molecule has 0 bridgehead atoms. The Kier molecular flexibility index (Phi) is 4.01. The Labute approximate surface area is 95.0 Å². The van der Waals surface area contributed by atoms with Crippen LogP contribution in [0.1, 0.15) is 33.6 Å². The highest BCUT2D eigenvalue weighted by molar-refractivity contribution is 5.68. The van der Waals surface area contributed by atoms with Crippen molar-refractivity contribution in [2.75, 3.05) is 6.54 Å². The van der Waals surface area contributed by atoms with Crippen molar-refractivity contribution >= 4 is 6.09 Å². The zero-order valence-electron chi connectivity index (χ0n) is 9.93. The molecular weight excluding hydrogens is 208 g/mol. The van der Waals surface area contributed by atoms with Crippen molar-refractivity contribution in [3.8, 4) is 0 Å². The van der Waals surface area contributed by atoms with Gasteiger partial charge in [-0.05, 0) is 45.1 Å². The van der Waals surface area contributed by atoms with Gasteiger partial charge >= 0.3 is 6.09 Å². The second-order valence-corrected chi connectivity index (χ2v) is 5.09. The van der Waals surface area contributed by atoms with Crippen molar-refractivity contribution in [2.24, 2.45) is 11.0 Å². The summed E-state index contributed by atoms with van der Waals surface area (Å²) < 4.78 is 5.13. The van der Waals surface area contributed by atoms with Gasteiger partial charge in [-0.2, -0.15) is 0 Å². The lowest BCUT2D eigenvalue weighted by molar-refractivity contribution is 0.0455. The van der Waals surface area contributed by atoms with E-state index in [-0.39, 0.29) is 12.1 Å². The van der Waals surface area contributed by atoms with Gasteiger partial charge in [0.15, 0.2) is 0 Å². The van der Waals surface area contributed by atoms with Crippen LogP contribution in [-0.4, -0.2) is 24.3 Å². The van der Waals surface area contributed by atoms with Crippen LogP contribution in [0.2, 0.25) is 0 Å². The Balaban J connectivity index is 2.17. The second-order valence-electron chi connectivity index (χ2n) is 5.09. The van der Waals surface area contributed by atoms with Gasteiger partial charge in [0.25, 0.3) is 0 Å². The van der Waals surface area contributed by atoms with Crippen LogP contribution in [-0.2, 0) is 4.74 Å². The molecule has 0 unspecified atom stereocenters. The molecule has 1 aliphatic rings. The fourth-order valence-corrected chi connectivity index (χ4v) is 1.63. The summed E-state index contributed by atoms with van der Waals surface area (Å²) in [6, 6.07) is 0.161. The fraction of sp³-hybridized carbons (Fsp3) is 0.900. The molecule has 1 rings (SSSR count). The van der Waals surface area contributed by atoms with E-state index in [4.69, 9.17) is 10.3 Å². The molecule has 0 heterocycles. The fourth-order valence-electron chi connectivity index (χ4n) is 1.63. The maximum atomic E-state index is 11.4. The van der Waals surface area contributed by atoms with Crippen LogP contribution in [0.5, 0.6) is 0 Å². The largest absolute Gasteiger partial charge is 0.444 e. The van der Waals surface area contributed by atoms with E-state index in [1.165, 1.54) is 0 Å². The van der Waals surface area contributed by atoms with E-state index in [1.807, 2.05) is 20.8 Å². The maximum Gasteiger partial charge on any atom is 0.407 e. The van der Waals surface area contributed by atoms with Gasteiger partial charge in [0.05, 0.1) is 0 Å². The summed E-state index contributed by atoms with van der Waals surface area (Å²) in [5.41, 5.74) is 7.68. The van der Waals surface area contributed by atoms with E-state index in [1.54, 1.807) is 0 Å². The van der Waals surface area contributed by atoms with Gasteiger partial charge in [0.1, 0.15) is 5.60 Å². The molecule has 0 spiro atoms. The first-order valence-electron chi connectivity index (χ1n) is 5.41. The van der Waals surface area contributed by atoms with Crippen LogP contribution in [0, 0.1) is 5.92 Å². The standard InChI is InChI=1S/C10H18N4O2/c1-10(2,3)16-9(15)13-8-4-7(5-8)6-12-14-11/h7-8H,4-6H2,1-3H3,(H,13,15). The quantitative estimate of drug-likeness (QED) is 0.455. The molecule has 0 aliphatic heterocycles. The molecule has 1 aliphatic carbocycles. The van der Waals surface area contributed by atoms with E-state index >= 15 is 0 Å². The minimum Gasteiger partial charge on any atom is -0.444 e.